The number of hydrogen-bond donors (Lipinski definition) is 2. The summed E-state index contributed by atoms with van der Waals surface area (Å²) in [6, 6.07) is 10.6. The Labute approximate surface area is 149 Å². The van der Waals surface area contributed by atoms with Gasteiger partial charge in [0.2, 0.25) is 0 Å². The molecule has 8 heteroatoms. The van der Waals surface area contributed by atoms with Crippen LogP contribution in [0.3, 0.4) is 0 Å². The number of nitrogens with zero attached hydrogens (tertiary/aromatic N) is 3. The van der Waals surface area contributed by atoms with Crippen LogP contribution in [0.5, 0.6) is 0 Å². The highest BCUT2D eigenvalue weighted by Gasteiger charge is 2.20. The Morgan fingerprint density at radius 1 is 1.27 bits per heavy atom. The van der Waals surface area contributed by atoms with Crippen molar-refractivity contribution in [1.29, 1.82) is 5.26 Å². The van der Waals surface area contributed by atoms with Crippen molar-refractivity contribution in [3.8, 4) is 6.07 Å². The molecule has 0 saturated carbocycles. The highest BCUT2D eigenvalue weighted by atomic mass is 19.1. The lowest BCUT2D eigenvalue weighted by Crippen LogP contribution is -2.36. The van der Waals surface area contributed by atoms with Crippen LogP contribution in [0.1, 0.15) is 18.4 Å². The van der Waals surface area contributed by atoms with E-state index in [1.807, 2.05) is 4.90 Å². The van der Waals surface area contributed by atoms with Crippen molar-refractivity contribution in [3.63, 3.8) is 0 Å². The summed E-state index contributed by atoms with van der Waals surface area (Å²) < 4.78 is 14.0. The van der Waals surface area contributed by atoms with Crippen LogP contribution in [0.4, 0.5) is 27.1 Å². The van der Waals surface area contributed by atoms with Crippen molar-refractivity contribution in [2.24, 2.45) is 0 Å². The van der Waals surface area contributed by atoms with E-state index < -0.39 is 10.7 Å². The molecule has 0 aromatic heterocycles. The maximum Gasteiger partial charge on any atom is 0.272 e. The first-order valence-corrected chi connectivity index (χ1v) is 8.16. The number of nitriles is 1. The second-order valence-electron chi connectivity index (χ2n) is 6.11. The Balaban J connectivity index is 1.82. The van der Waals surface area contributed by atoms with Gasteiger partial charge in [0.1, 0.15) is 6.07 Å². The summed E-state index contributed by atoms with van der Waals surface area (Å²) in [6.07, 6.45) is 1.00. The van der Waals surface area contributed by atoms with Crippen molar-refractivity contribution in [1.82, 2.24) is 0 Å². The van der Waals surface area contributed by atoms with Gasteiger partial charge in [-0.1, -0.05) is 0 Å². The fraction of sp³-hybridized carbons (Fsp3) is 0.278. The normalized spacial score (nSPS) is 14.7. The van der Waals surface area contributed by atoms with E-state index in [0.717, 1.165) is 11.8 Å². The number of benzene rings is 2. The minimum Gasteiger partial charge on any atom is -0.393 e. The molecular formula is C18H17FN4O3. The summed E-state index contributed by atoms with van der Waals surface area (Å²) in [6.45, 7) is 1.33. The third-order valence-electron chi connectivity index (χ3n) is 4.36. The van der Waals surface area contributed by atoms with Crippen LogP contribution in [0.2, 0.25) is 0 Å². The van der Waals surface area contributed by atoms with Gasteiger partial charge in [-0.15, -0.1) is 0 Å². The summed E-state index contributed by atoms with van der Waals surface area (Å²) in [7, 11) is 0. The van der Waals surface area contributed by atoms with Crippen molar-refractivity contribution in [3.05, 3.63) is 57.9 Å². The monoisotopic (exact) mass is 356 g/mol. The highest BCUT2D eigenvalue weighted by molar-refractivity contribution is 5.69. The number of halogens is 1. The number of nitrogens with one attached hydrogen (secondary N) is 1. The smallest absolute Gasteiger partial charge is 0.272 e. The van der Waals surface area contributed by atoms with Gasteiger partial charge in [0.25, 0.3) is 5.69 Å². The highest BCUT2D eigenvalue weighted by Crippen LogP contribution is 2.29. The SMILES string of the molecule is N#Cc1cc(Nc2ccc([N+](=O)[O-])cc2F)ccc1N1CCC(O)CC1. The largest absolute Gasteiger partial charge is 0.393 e. The summed E-state index contributed by atoms with van der Waals surface area (Å²) in [5.74, 6) is -0.744. The molecule has 0 unspecified atom stereocenters. The Morgan fingerprint density at radius 2 is 2.00 bits per heavy atom. The number of rotatable bonds is 4. The maximum absolute atomic E-state index is 14.0. The number of aliphatic hydroxyl groups is 1. The number of piperidine rings is 1. The molecule has 2 N–H and O–H groups in total. The Hall–Kier alpha value is -3.18. The molecule has 2 aromatic rings. The standard InChI is InChI=1S/C18H17FN4O3/c19-16-10-14(23(25)26)2-3-17(16)21-13-1-4-18(12(9-13)11-20)22-7-5-15(24)6-8-22/h1-4,9-10,15,21,24H,5-8H2. The van der Waals surface area contributed by atoms with Gasteiger partial charge in [0.05, 0.1) is 34.0 Å². The topological polar surface area (TPSA) is 102 Å². The Bertz CT molecular complexity index is 873. The van der Waals surface area contributed by atoms with E-state index >= 15 is 0 Å². The average Bonchev–Trinajstić information content (AvgIpc) is 2.64. The molecule has 1 aliphatic rings. The lowest BCUT2D eigenvalue weighted by Gasteiger charge is -2.32. The third-order valence-corrected chi connectivity index (χ3v) is 4.36. The number of nitro benzene ring substituents is 1. The molecule has 1 saturated heterocycles. The van der Waals surface area contributed by atoms with Crippen LogP contribution in [0.25, 0.3) is 0 Å². The maximum atomic E-state index is 14.0. The van der Waals surface area contributed by atoms with Gasteiger partial charge in [-0.05, 0) is 37.1 Å². The summed E-state index contributed by atoms with van der Waals surface area (Å²) in [4.78, 5) is 12.1. The molecule has 0 spiro atoms. The Kier molecular flexibility index (Phi) is 5.00. The quantitative estimate of drug-likeness (QED) is 0.644. The van der Waals surface area contributed by atoms with E-state index in [1.165, 1.54) is 12.1 Å². The molecule has 2 aromatic carbocycles. The van der Waals surface area contributed by atoms with Crippen LogP contribution in [-0.4, -0.2) is 29.2 Å². The van der Waals surface area contributed by atoms with E-state index in [-0.39, 0.29) is 17.5 Å². The van der Waals surface area contributed by atoms with E-state index in [1.54, 1.807) is 18.2 Å². The van der Waals surface area contributed by atoms with Crippen LogP contribution < -0.4 is 10.2 Å². The molecule has 0 aliphatic carbocycles. The molecule has 134 valence electrons. The van der Waals surface area contributed by atoms with Gasteiger partial charge in [0.15, 0.2) is 5.82 Å². The first-order valence-electron chi connectivity index (χ1n) is 8.16. The van der Waals surface area contributed by atoms with Crippen LogP contribution >= 0.6 is 0 Å². The number of hydrogen-bond acceptors (Lipinski definition) is 6. The van der Waals surface area contributed by atoms with Gasteiger partial charge in [-0.3, -0.25) is 10.1 Å². The van der Waals surface area contributed by atoms with Crippen molar-refractivity contribution < 1.29 is 14.4 Å². The fourth-order valence-electron chi connectivity index (χ4n) is 2.96. The zero-order valence-electron chi connectivity index (χ0n) is 13.9. The lowest BCUT2D eigenvalue weighted by molar-refractivity contribution is -0.385. The molecule has 3 rings (SSSR count). The first-order chi connectivity index (χ1) is 12.5. The van der Waals surface area contributed by atoms with Crippen LogP contribution in [0.15, 0.2) is 36.4 Å². The van der Waals surface area contributed by atoms with Crippen molar-refractivity contribution >= 4 is 22.7 Å². The third kappa shape index (κ3) is 3.73. The zero-order valence-corrected chi connectivity index (χ0v) is 13.9. The summed E-state index contributed by atoms with van der Waals surface area (Å²) in [5.41, 5.74) is 1.49. The molecule has 0 atom stereocenters. The molecule has 1 heterocycles. The predicted octanol–water partition coefficient (Wildman–Crippen LogP) is 3.31. The lowest BCUT2D eigenvalue weighted by atomic mass is 10.0. The molecular weight excluding hydrogens is 339 g/mol. The van der Waals surface area contributed by atoms with Crippen molar-refractivity contribution in [2.45, 2.75) is 18.9 Å². The second-order valence-corrected chi connectivity index (χ2v) is 6.11. The van der Waals surface area contributed by atoms with Gasteiger partial charge >= 0.3 is 0 Å². The van der Waals surface area contributed by atoms with Gasteiger partial charge < -0.3 is 15.3 Å². The molecule has 1 fully saturated rings. The molecule has 0 amide bonds. The molecule has 0 bridgehead atoms. The minimum atomic E-state index is -0.744. The Morgan fingerprint density at radius 3 is 2.62 bits per heavy atom. The van der Waals surface area contributed by atoms with Gasteiger partial charge in [0, 0.05) is 24.8 Å². The summed E-state index contributed by atoms with van der Waals surface area (Å²) in [5, 5.41) is 32.6. The molecule has 26 heavy (non-hydrogen) atoms. The zero-order chi connectivity index (χ0) is 18.7. The minimum absolute atomic E-state index is 0.0911. The second kappa shape index (κ2) is 7.37. The van der Waals surface area contributed by atoms with E-state index in [9.17, 15) is 24.9 Å². The van der Waals surface area contributed by atoms with Crippen LogP contribution in [-0.2, 0) is 0 Å². The van der Waals surface area contributed by atoms with E-state index in [2.05, 4.69) is 11.4 Å². The fourth-order valence-corrected chi connectivity index (χ4v) is 2.96. The predicted molar refractivity (Wildman–Crippen MR) is 94.9 cm³/mol. The van der Waals surface area contributed by atoms with E-state index in [0.29, 0.717) is 37.2 Å². The number of aliphatic hydroxyl groups excluding tert-OH is 1. The van der Waals surface area contributed by atoms with Gasteiger partial charge in [-0.2, -0.15) is 5.26 Å². The number of anilines is 3. The van der Waals surface area contributed by atoms with Crippen molar-refractivity contribution in [2.75, 3.05) is 23.3 Å². The first kappa shape index (κ1) is 17.6. The average molecular weight is 356 g/mol. The number of non-ortho nitro benzene ring substituents is 1. The van der Waals surface area contributed by atoms with E-state index in [4.69, 9.17) is 0 Å². The molecule has 0 radical (unpaired) electrons. The summed E-state index contributed by atoms with van der Waals surface area (Å²) >= 11 is 0. The molecule has 7 nitrogen and oxygen atoms in total. The molecule has 1 aliphatic heterocycles. The number of nitro groups is 1. The van der Waals surface area contributed by atoms with Gasteiger partial charge in [-0.25, -0.2) is 4.39 Å². The van der Waals surface area contributed by atoms with Crippen LogP contribution in [0, 0.1) is 27.3 Å².